The van der Waals surface area contributed by atoms with Crippen LogP contribution in [0.2, 0.25) is 5.02 Å². The van der Waals surface area contributed by atoms with Crippen molar-refractivity contribution in [3.63, 3.8) is 0 Å². The van der Waals surface area contributed by atoms with E-state index in [4.69, 9.17) is 16.7 Å². The van der Waals surface area contributed by atoms with Crippen LogP contribution in [-0.4, -0.2) is 38.9 Å². The van der Waals surface area contributed by atoms with Gasteiger partial charge in [-0.15, -0.1) is 11.3 Å². The Morgan fingerprint density at radius 3 is 2.79 bits per heavy atom. The van der Waals surface area contributed by atoms with Crippen LogP contribution in [-0.2, 0) is 10.0 Å². The monoisotopic (exact) mass is 385 g/mol. The van der Waals surface area contributed by atoms with Gasteiger partial charge in [0.05, 0.1) is 11.6 Å². The van der Waals surface area contributed by atoms with Crippen LogP contribution in [0.25, 0.3) is 0 Å². The van der Waals surface area contributed by atoms with Crippen LogP contribution in [0, 0.1) is 0 Å². The van der Waals surface area contributed by atoms with E-state index in [0.29, 0.717) is 30.2 Å². The Kier molecular flexibility index (Phi) is 4.93. The van der Waals surface area contributed by atoms with E-state index in [1.807, 2.05) is 18.2 Å². The van der Waals surface area contributed by atoms with Gasteiger partial charge < -0.3 is 10.2 Å². The molecule has 9 heteroatoms. The van der Waals surface area contributed by atoms with Gasteiger partial charge in [0.1, 0.15) is 4.21 Å². The summed E-state index contributed by atoms with van der Waals surface area (Å²) in [6, 6.07) is 8.52. The summed E-state index contributed by atoms with van der Waals surface area (Å²) in [5.41, 5.74) is 1.18. The fraction of sp³-hybridized carbons (Fsp3) is 0.267. The Morgan fingerprint density at radius 2 is 2.12 bits per heavy atom. The Balaban J connectivity index is 1.92. The van der Waals surface area contributed by atoms with Crippen LogP contribution >= 0.6 is 22.9 Å². The summed E-state index contributed by atoms with van der Waals surface area (Å²) < 4.78 is 22.8. The Labute approximate surface area is 149 Å². The lowest BCUT2D eigenvalue weighted by atomic mass is 10.0. The minimum Gasteiger partial charge on any atom is -0.329 e. The van der Waals surface area contributed by atoms with Gasteiger partial charge in [-0.3, -0.25) is 4.79 Å². The van der Waals surface area contributed by atoms with Crippen molar-refractivity contribution in [3.8, 4) is 0 Å². The molecule has 1 aliphatic heterocycles. The summed E-state index contributed by atoms with van der Waals surface area (Å²) in [7, 11) is -3.80. The number of nitrogens with zero attached hydrogens (tertiary/aromatic N) is 1. The van der Waals surface area contributed by atoms with Crippen molar-refractivity contribution in [2.75, 3.05) is 19.6 Å². The zero-order valence-corrected chi connectivity index (χ0v) is 15.0. The van der Waals surface area contributed by atoms with Gasteiger partial charge in [0.25, 0.3) is 5.91 Å². The third kappa shape index (κ3) is 3.47. The average molecular weight is 386 g/mol. The van der Waals surface area contributed by atoms with Crippen molar-refractivity contribution >= 4 is 38.9 Å². The van der Waals surface area contributed by atoms with Crippen LogP contribution in [0.3, 0.4) is 0 Å². The third-order valence-electron chi connectivity index (χ3n) is 3.87. The molecule has 0 spiro atoms. The molecule has 2 aromatic rings. The van der Waals surface area contributed by atoms with Crippen molar-refractivity contribution in [1.82, 2.24) is 10.2 Å². The molecule has 0 aliphatic carbocycles. The molecule has 3 rings (SSSR count). The molecular formula is C15H16ClN3O3S2. The highest BCUT2D eigenvalue weighted by atomic mass is 35.5. The molecule has 1 fully saturated rings. The number of thiophene rings is 1. The van der Waals surface area contributed by atoms with Gasteiger partial charge in [-0.2, -0.15) is 0 Å². The maximum atomic E-state index is 12.9. The standard InChI is InChI=1S/C15H16ClN3O3S2/c16-12-4-2-1-3-11(12)13-8-18-5-6-19(13)15(20)10-7-14(23-9-10)24(17,21)22/h1-4,7,9,13,18H,5-6,8H2,(H2,17,21,22). The summed E-state index contributed by atoms with van der Waals surface area (Å²) in [4.78, 5) is 14.6. The lowest BCUT2D eigenvalue weighted by Gasteiger charge is -2.36. The average Bonchev–Trinajstić information content (AvgIpc) is 3.05. The molecule has 1 unspecified atom stereocenters. The van der Waals surface area contributed by atoms with Crippen molar-refractivity contribution in [2.24, 2.45) is 5.14 Å². The van der Waals surface area contributed by atoms with E-state index in [2.05, 4.69) is 5.32 Å². The van der Waals surface area contributed by atoms with E-state index in [1.54, 1.807) is 11.0 Å². The number of benzene rings is 1. The van der Waals surface area contributed by atoms with Gasteiger partial charge in [-0.05, 0) is 17.7 Å². The van der Waals surface area contributed by atoms with Gasteiger partial charge in [-0.1, -0.05) is 29.8 Å². The molecule has 0 bridgehead atoms. The van der Waals surface area contributed by atoms with Crippen molar-refractivity contribution in [3.05, 3.63) is 51.9 Å². The lowest BCUT2D eigenvalue weighted by molar-refractivity contribution is 0.0635. The van der Waals surface area contributed by atoms with Crippen LogP contribution in [0.15, 0.2) is 39.9 Å². The highest BCUT2D eigenvalue weighted by Gasteiger charge is 2.30. The third-order valence-corrected chi connectivity index (χ3v) is 6.60. The highest BCUT2D eigenvalue weighted by Crippen LogP contribution is 2.30. The molecule has 128 valence electrons. The summed E-state index contributed by atoms with van der Waals surface area (Å²) >= 11 is 7.22. The largest absolute Gasteiger partial charge is 0.329 e. The summed E-state index contributed by atoms with van der Waals surface area (Å²) in [5.74, 6) is -0.229. The Hall–Kier alpha value is -1.45. The SMILES string of the molecule is NS(=O)(=O)c1cc(C(=O)N2CCNCC2c2ccccc2Cl)cs1. The number of hydrogen-bond acceptors (Lipinski definition) is 5. The number of rotatable bonds is 3. The van der Waals surface area contributed by atoms with E-state index in [-0.39, 0.29) is 16.2 Å². The number of sulfonamides is 1. The first-order chi connectivity index (χ1) is 11.4. The molecule has 1 amide bonds. The first-order valence-corrected chi connectivity index (χ1v) is 10.1. The van der Waals surface area contributed by atoms with Gasteiger partial charge >= 0.3 is 0 Å². The van der Waals surface area contributed by atoms with E-state index in [9.17, 15) is 13.2 Å². The molecule has 0 saturated carbocycles. The van der Waals surface area contributed by atoms with Crippen molar-refractivity contribution in [1.29, 1.82) is 0 Å². The van der Waals surface area contributed by atoms with Gasteiger partial charge in [0.15, 0.2) is 0 Å². The zero-order chi connectivity index (χ0) is 17.3. The fourth-order valence-corrected chi connectivity index (χ4v) is 4.56. The molecule has 1 aromatic heterocycles. The van der Waals surface area contributed by atoms with Crippen LogP contribution in [0.5, 0.6) is 0 Å². The molecule has 1 aromatic carbocycles. The maximum Gasteiger partial charge on any atom is 0.255 e. The predicted octanol–water partition coefficient (Wildman–Crippen LogP) is 1.84. The van der Waals surface area contributed by atoms with E-state index < -0.39 is 10.0 Å². The fourth-order valence-electron chi connectivity index (χ4n) is 2.71. The first kappa shape index (κ1) is 17.4. The van der Waals surface area contributed by atoms with Crippen LogP contribution in [0.4, 0.5) is 0 Å². The smallest absolute Gasteiger partial charge is 0.255 e. The zero-order valence-electron chi connectivity index (χ0n) is 12.6. The molecule has 1 atom stereocenters. The minimum atomic E-state index is -3.80. The number of piperazine rings is 1. The normalized spacial score (nSPS) is 18.6. The number of nitrogens with one attached hydrogen (secondary N) is 1. The number of halogens is 1. The molecule has 1 saturated heterocycles. The number of hydrogen-bond donors (Lipinski definition) is 2. The number of primary sulfonamides is 1. The molecule has 24 heavy (non-hydrogen) atoms. The van der Waals surface area contributed by atoms with Crippen LogP contribution < -0.4 is 10.5 Å². The Morgan fingerprint density at radius 1 is 1.38 bits per heavy atom. The topological polar surface area (TPSA) is 92.5 Å². The van der Waals surface area contributed by atoms with Crippen LogP contribution in [0.1, 0.15) is 22.0 Å². The second-order valence-electron chi connectivity index (χ2n) is 5.44. The second-order valence-corrected chi connectivity index (χ2v) is 8.55. The second kappa shape index (κ2) is 6.81. The van der Waals surface area contributed by atoms with E-state index in [0.717, 1.165) is 16.9 Å². The van der Waals surface area contributed by atoms with Crippen molar-refractivity contribution < 1.29 is 13.2 Å². The van der Waals surface area contributed by atoms with Gasteiger partial charge in [0, 0.05) is 30.0 Å². The van der Waals surface area contributed by atoms with Gasteiger partial charge in [0.2, 0.25) is 10.0 Å². The molecular weight excluding hydrogens is 370 g/mol. The maximum absolute atomic E-state index is 12.9. The van der Waals surface area contributed by atoms with Crippen molar-refractivity contribution in [2.45, 2.75) is 10.3 Å². The Bertz CT molecular complexity index is 866. The molecule has 0 radical (unpaired) electrons. The van der Waals surface area contributed by atoms with Gasteiger partial charge in [-0.25, -0.2) is 13.6 Å². The number of carbonyl (C=O) groups is 1. The van der Waals surface area contributed by atoms with E-state index in [1.165, 1.54) is 11.4 Å². The molecule has 1 aliphatic rings. The molecule has 3 N–H and O–H groups in total. The highest BCUT2D eigenvalue weighted by molar-refractivity contribution is 7.91. The van der Waals surface area contributed by atoms with E-state index >= 15 is 0 Å². The number of amides is 1. The predicted molar refractivity (Wildman–Crippen MR) is 93.8 cm³/mol. The summed E-state index contributed by atoms with van der Waals surface area (Å²) in [6.07, 6.45) is 0. The first-order valence-electron chi connectivity index (χ1n) is 7.25. The number of nitrogens with two attached hydrogens (primary N) is 1. The molecule has 2 heterocycles. The summed E-state index contributed by atoms with van der Waals surface area (Å²) in [5, 5.41) is 10.5. The summed E-state index contributed by atoms with van der Waals surface area (Å²) in [6.45, 7) is 1.76. The molecule has 6 nitrogen and oxygen atoms in total. The minimum absolute atomic E-state index is 0.0183. The number of carbonyl (C=O) groups excluding carboxylic acids is 1. The lowest BCUT2D eigenvalue weighted by Crippen LogP contribution is -2.48. The quantitative estimate of drug-likeness (QED) is 0.843.